The van der Waals surface area contributed by atoms with Crippen molar-refractivity contribution in [1.29, 1.82) is 0 Å². The molecular weight excluding hydrogens is 296 g/mol. The molecule has 0 atom stereocenters. The van der Waals surface area contributed by atoms with Crippen molar-refractivity contribution in [2.45, 2.75) is 57.2 Å². The lowest BCUT2D eigenvalue weighted by atomic mass is 10.0. The number of rotatable bonds is 7. The number of aromatic nitrogens is 2. The normalized spacial score (nSPS) is 15.8. The molecular formula is C16H26N4OS. The van der Waals surface area contributed by atoms with Crippen molar-refractivity contribution in [3.05, 3.63) is 18.0 Å². The van der Waals surface area contributed by atoms with Crippen LogP contribution in [-0.4, -0.2) is 39.5 Å². The Labute approximate surface area is 137 Å². The fourth-order valence-corrected chi connectivity index (χ4v) is 3.72. The van der Waals surface area contributed by atoms with E-state index in [0.717, 1.165) is 11.0 Å². The van der Waals surface area contributed by atoms with Crippen molar-refractivity contribution in [3.63, 3.8) is 0 Å². The second kappa shape index (κ2) is 8.98. The van der Waals surface area contributed by atoms with Crippen molar-refractivity contribution in [2.75, 3.05) is 17.6 Å². The molecule has 2 rings (SSSR count). The lowest BCUT2D eigenvalue weighted by molar-refractivity contribution is 0.0955. The molecule has 0 bridgehead atoms. The van der Waals surface area contributed by atoms with Gasteiger partial charge in [0, 0.05) is 36.0 Å². The Morgan fingerprint density at radius 1 is 1.27 bits per heavy atom. The van der Waals surface area contributed by atoms with E-state index in [0.29, 0.717) is 18.1 Å². The molecule has 5 nitrogen and oxygen atoms in total. The minimum Gasteiger partial charge on any atom is -0.352 e. The highest BCUT2D eigenvalue weighted by Gasteiger charge is 2.13. The quantitative estimate of drug-likeness (QED) is 0.755. The Morgan fingerprint density at radius 3 is 2.59 bits per heavy atom. The third kappa shape index (κ3) is 5.83. The number of anilines is 1. The van der Waals surface area contributed by atoms with E-state index in [-0.39, 0.29) is 11.9 Å². The van der Waals surface area contributed by atoms with Crippen molar-refractivity contribution >= 4 is 23.6 Å². The molecule has 0 saturated heterocycles. The van der Waals surface area contributed by atoms with E-state index in [1.807, 2.05) is 25.6 Å². The highest BCUT2D eigenvalue weighted by atomic mass is 32.2. The number of nitrogens with zero attached hydrogens (tertiary/aromatic N) is 2. The number of hydrogen-bond acceptors (Lipinski definition) is 5. The number of nitrogens with one attached hydrogen (secondary N) is 2. The Balaban J connectivity index is 1.68. The third-order valence-electron chi connectivity index (χ3n) is 3.63. The molecule has 1 saturated carbocycles. The van der Waals surface area contributed by atoms with Gasteiger partial charge in [-0.2, -0.15) is 11.8 Å². The first-order valence-electron chi connectivity index (χ1n) is 8.13. The van der Waals surface area contributed by atoms with E-state index in [4.69, 9.17) is 0 Å². The van der Waals surface area contributed by atoms with Crippen molar-refractivity contribution in [1.82, 2.24) is 15.3 Å². The van der Waals surface area contributed by atoms with Gasteiger partial charge in [-0.25, -0.2) is 9.97 Å². The molecule has 6 heteroatoms. The van der Waals surface area contributed by atoms with Crippen LogP contribution in [0.1, 0.15) is 56.3 Å². The van der Waals surface area contributed by atoms with Gasteiger partial charge >= 0.3 is 0 Å². The summed E-state index contributed by atoms with van der Waals surface area (Å²) in [4.78, 5) is 20.3. The molecule has 0 aromatic carbocycles. The Morgan fingerprint density at radius 2 is 1.95 bits per heavy atom. The van der Waals surface area contributed by atoms with Gasteiger partial charge in [0.05, 0.1) is 5.56 Å². The average Bonchev–Trinajstić information content (AvgIpc) is 2.52. The summed E-state index contributed by atoms with van der Waals surface area (Å²) in [6, 6.07) is 0.275. The lowest BCUT2D eigenvalue weighted by Crippen LogP contribution is -2.27. The number of carbonyl (C=O) groups is 1. The molecule has 0 unspecified atom stereocenters. The van der Waals surface area contributed by atoms with Gasteiger partial charge in [-0.15, -0.1) is 0 Å². The van der Waals surface area contributed by atoms with Crippen LogP contribution in [0.25, 0.3) is 0 Å². The van der Waals surface area contributed by atoms with Crippen molar-refractivity contribution in [3.8, 4) is 0 Å². The third-order valence-corrected chi connectivity index (χ3v) is 5.01. The summed E-state index contributed by atoms with van der Waals surface area (Å²) in [6.45, 7) is 4.74. The summed E-state index contributed by atoms with van der Waals surface area (Å²) in [7, 11) is 0. The zero-order valence-electron chi connectivity index (χ0n) is 13.5. The molecule has 1 fully saturated rings. The van der Waals surface area contributed by atoms with Gasteiger partial charge in [0.25, 0.3) is 5.91 Å². The Bertz CT molecular complexity index is 458. The average molecular weight is 322 g/mol. The standard InChI is InChI=1S/C16H26N4OS/c1-12(2)20-16-18-10-13(11-19-16)15(21)17-8-9-22-14-6-4-3-5-7-14/h10-12,14H,3-9H2,1-2H3,(H,17,21)(H,18,19,20). The van der Waals surface area contributed by atoms with Crippen molar-refractivity contribution < 1.29 is 4.79 Å². The fourth-order valence-electron chi connectivity index (χ4n) is 2.50. The molecule has 122 valence electrons. The topological polar surface area (TPSA) is 66.9 Å². The first-order valence-corrected chi connectivity index (χ1v) is 9.18. The van der Waals surface area contributed by atoms with E-state index in [1.54, 1.807) is 12.4 Å². The van der Waals surface area contributed by atoms with Crippen LogP contribution >= 0.6 is 11.8 Å². The minimum absolute atomic E-state index is 0.0969. The number of thioether (sulfide) groups is 1. The van der Waals surface area contributed by atoms with Crippen molar-refractivity contribution in [2.24, 2.45) is 0 Å². The molecule has 22 heavy (non-hydrogen) atoms. The summed E-state index contributed by atoms with van der Waals surface area (Å²) in [5, 5.41) is 6.83. The van der Waals surface area contributed by atoms with Gasteiger partial charge in [0.2, 0.25) is 5.95 Å². The van der Waals surface area contributed by atoms with Crippen LogP contribution in [0, 0.1) is 0 Å². The molecule has 1 aromatic heterocycles. The summed E-state index contributed by atoms with van der Waals surface area (Å²) in [5.74, 6) is 1.43. The molecule has 1 aromatic rings. The highest BCUT2D eigenvalue weighted by molar-refractivity contribution is 7.99. The van der Waals surface area contributed by atoms with Gasteiger partial charge in [-0.3, -0.25) is 4.79 Å². The minimum atomic E-state index is -0.0969. The predicted octanol–water partition coefficient (Wildman–Crippen LogP) is 3.09. The van der Waals surface area contributed by atoms with E-state index >= 15 is 0 Å². The number of carbonyl (C=O) groups excluding carboxylic acids is 1. The molecule has 0 spiro atoms. The molecule has 1 aliphatic carbocycles. The van der Waals surface area contributed by atoms with Gasteiger partial charge < -0.3 is 10.6 Å². The van der Waals surface area contributed by atoms with Gasteiger partial charge in [0.15, 0.2) is 0 Å². The van der Waals surface area contributed by atoms with E-state index < -0.39 is 0 Å². The summed E-state index contributed by atoms with van der Waals surface area (Å²) >= 11 is 1.99. The predicted molar refractivity (Wildman–Crippen MR) is 92.5 cm³/mol. The maximum Gasteiger partial charge on any atom is 0.254 e. The molecule has 2 N–H and O–H groups in total. The van der Waals surface area contributed by atoms with E-state index in [2.05, 4.69) is 20.6 Å². The molecule has 0 radical (unpaired) electrons. The summed E-state index contributed by atoms with van der Waals surface area (Å²) in [6.07, 6.45) is 9.90. The van der Waals surface area contributed by atoms with Crippen LogP contribution in [0.15, 0.2) is 12.4 Å². The molecule has 1 amide bonds. The second-order valence-electron chi connectivity index (χ2n) is 5.98. The van der Waals surface area contributed by atoms with Gasteiger partial charge in [0.1, 0.15) is 0 Å². The summed E-state index contributed by atoms with van der Waals surface area (Å²) in [5.41, 5.74) is 0.511. The highest BCUT2D eigenvalue weighted by Crippen LogP contribution is 2.27. The molecule has 0 aliphatic heterocycles. The SMILES string of the molecule is CC(C)Nc1ncc(C(=O)NCCSC2CCCCC2)cn1. The van der Waals surface area contributed by atoms with Crippen LogP contribution in [0.5, 0.6) is 0 Å². The monoisotopic (exact) mass is 322 g/mol. The maximum atomic E-state index is 12.0. The van der Waals surface area contributed by atoms with Crippen LogP contribution in [-0.2, 0) is 0 Å². The zero-order valence-corrected chi connectivity index (χ0v) is 14.3. The zero-order chi connectivity index (χ0) is 15.8. The van der Waals surface area contributed by atoms with Gasteiger partial charge in [-0.05, 0) is 26.7 Å². The van der Waals surface area contributed by atoms with E-state index in [9.17, 15) is 4.79 Å². The first-order chi connectivity index (χ1) is 10.6. The van der Waals surface area contributed by atoms with Crippen LogP contribution in [0.4, 0.5) is 5.95 Å². The second-order valence-corrected chi connectivity index (χ2v) is 7.39. The maximum absolute atomic E-state index is 12.0. The van der Waals surface area contributed by atoms with Crippen LogP contribution in [0.2, 0.25) is 0 Å². The van der Waals surface area contributed by atoms with Gasteiger partial charge in [-0.1, -0.05) is 19.3 Å². The molecule has 1 heterocycles. The Hall–Kier alpha value is -1.30. The van der Waals surface area contributed by atoms with E-state index in [1.165, 1.54) is 32.1 Å². The number of hydrogen-bond donors (Lipinski definition) is 2. The number of amides is 1. The largest absolute Gasteiger partial charge is 0.352 e. The lowest BCUT2D eigenvalue weighted by Gasteiger charge is -2.20. The smallest absolute Gasteiger partial charge is 0.254 e. The Kier molecular flexibility index (Phi) is 6.96. The summed E-state index contributed by atoms with van der Waals surface area (Å²) < 4.78 is 0. The molecule has 1 aliphatic rings. The first kappa shape index (κ1) is 17.1. The fraction of sp³-hybridized carbons (Fsp3) is 0.688. The van der Waals surface area contributed by atoms with Crippen LogP contribution in [0.3, 0.4) is 0 Å². The van der Waals surface area contributed by atoms with Crippen LogP contribution < -0.4 is 10.6 Å².